The quantitative estimate of drug-likeness (QED) is 0.637. The number of imidazole rings is 1. The summed E-state index contributed by atoms with van der Waals surface area (Å²) in [6.07, 6.45) is 0.979. The van der Waals surface area contributed by atoms with Gasteiger partial charge in [-0.05, 0) is 30.8 Å². The molecule has 1 aromatic carbocycles. The molecule has 0 unspecified atom stereocenters. The summed E-state index contributed by atoms with van der Waals surface area (Å²) < 4.78 is 7.93. The molecule has 0 bridgehead atoms. The van der Waals surface area contributed by atoms with Gasteiger partial charge in [0.05, 0.1) is 11.0 Å². The average Bonchev–Trinajstić information content (AvgIpc) is 2.56. The van der Waals surface area contributed by atoms with Gasteiger partial charge < -0.3 is 14.3 Å². The predicted molar refractivity (Wildman–Crippen MR) is 63.6 cm³/mol. The Morgan fingerprint density at radius 3 is 3.00 bits per heavy atom. The van der Waals surface area contributed by atoms with Crippen LogP contribution in [0.25, 0.3) is 11.0 Å². The fourth-order valence-corrected chi connectivity index (χ4v) is 2.00. The van der Waals surface area contributed by atoms with Crippen molar-refractivity contribution in [1.82, 2.24) is 9.55 Å². The van der Waals surface area contributed by atoms with Gasteiger partial charge in [0.25, 0.3) is 0 Å². The van der Waals surface area contributed by atoms with E-state index in [-0.39, 0.29) is 0 Å². The third kappa shape index (κ3) is 2.11. The second-order valence-electron chi connectivity index (χ2n) is 3.45. The lowest BCUT2D eigenvalue weighted by molar-refractivity contribution is 0.190. The monoisotopic (exact) mass is 222 g/mol. The van der Waals surface area contributed by atoms with Crippen molar-refractivity contribution in [2.24, 2.45) is 0 Å². The highest BCUT2D eigenvalue weighted by Gasteiger charge is 2.02. The van der Waals surface area contributed by atoms with Crippen LogP contribution in [0, 0.1) is 4.77 Å². The molecule has 0 fully saturated rings. The smallest absolute Gasteiger partial charge is 0.178 e. The number of hydrogen-bond acceptors (Lipinski definition) is 2. The van der Waals surface area contributed by atoms with E-state index in [1.54, 1.807) is 7.11 Å². The van der Waals surface area contributed by atoms with Crippen molar-refractivity contribution in [3.8, 4) is 0 Å². The van der Waals surface area contributed by atoms with Gasteiger partial charge >= 0.3 is 0 Å². The molecule has 1 aromatic heterocycles. The van der Waals surface area contributed by atoms with Crippen molar-refractivity contribution in [1.29, 1.82) is 0 Å². The summed E-state index contributed by atoms with van der Waals surface area (Å²) in [5.74, 6) is 0. The van der Waals surface area contributed by atoms with Gasteiger partial charge in [-0.1, -0.05) is 12.1 Å². The molecule has 80 valence electrons. The summed E-state index contributed by atoms with van der Waals surface area (Å²) in [4.78, 5) is 3.19. The van der Waals surface area contributed by atoms with E-state index in [2.05, 4.69) is 15.6 Å². The molecule has 0 aliphatic heterocycles. The summed E-state index contributed by atoms with van der Waals surface area (Å²) in [7, 11) is 1.72. The lowest BCUT2D eigenvalue weighted by Crippen LogP contribution is -2.01. The van der Waals surface area contributed by atoms with Crippen LogP contribution in [0.2, 0.25) is 0 Å². The van der Waals surface area contributed by atoms with E-state index in [0.29, 0.717) is 0 Å². The minimum atomic E-state index is 0.765. The molecule has 0 amide bonds. The molecule has 0 spiro atoms. The van der Waals surface area contributed by atoms with Crippen LogP contribution in [0.3, 0.4) is 0 Å². The first kappa shape index (κ1) is 10.4. The molecular weight excluding hydrogens is 208 g/mol. The van der Waals surface area contributed by atoms with Gasteiger partial charge in [0.15, 0.2) is 4.77 Å². The second-order valence-corrected chi connectivity index (χ2v) is 3.83. The van der Waals surface area contributed by atoms with E-state index >= 15 is 0 Å². The van der Waals surface area contributed by atoms with Crippen LogP contribution in [0.15, 0.2) is 24.3 Å². The standard InChI is InChI=1S/C11H14N2OS/c1-14-8-4-7-13-10-6-3-2-5-9(10)12-11(13)15/h2-3,5-6H,4,7-8H2,1H3,(H,12,15). The maximum absolute atomic E-state index is 5.27. The Morgan fingerprint density at radius 1 is 1.40 bits per heavy atom. The maximum Gasteiger partial charge on any atom is 0.178 e. The summed E-state index contributed by atoms with van der Waals surface area (Å²) >= 11 is 5.27. The summed E-state index contributed by atoms with van der Waals surface area (Å²) in [6, 6.07) is 8.15. The molecule has 0 saturated heterocycles. The van der Waals surface area contributed by atoms with Crippen LogP contribution in [-0.2, 0) is 11.3 Å². The summed E-state index contributed by atoms with van der Waals surface area (Å²) in [5.41, 5.74) is 2.26. The third-order valence-electron chi connectivity index (χ3n) is 2.41. The van der Waals surface area contributed by atoms with Crippen molar-refractivity contribution in [2.45, 2.75) is 13.0 Å². The van der Waals surface area contributed by atoms with Crippen LogP contribution >= 0.6 is 12.2 Å². The number of methoxy groups -OCH3 is 1. The highest BCUT2D eigenvalue weighted by Crippen LogP contribution is 2.13. The molecule has 2 rings (SSSR count). The molecule has 0 radical (unpaired) electrons. The molecule has 1 heterocycles. The normalized spacial score (nSPS) is 11.0. The Bertz CT molecular complexity index is 501. The maximum atomic E-state index is 5.27. The molecule has 2 aromatic rings. The van der Waals surface area contributed by atoms with Gasteiger partial charge in [-0.3, -0.25) is 0 Å². The molecule has 15 heavy (non-hydrogen) atoms. The highest BCUT2D eigenvalue weighted by molar-refractivity contribution is 7.71. The lowest BCUT2D eigenvalue weighted by atomic mass is 10.3. The lowest BCUT2D eigenvalue weighted by Gasteiger charge is -2.03. The van der Waals surface area contributed by atoms with E-state index in [1.165, 1.54) is 5.52 Å². The molecule has 4 heteroatoms. The first-order valence-corrected chi connectivity index (χ1v) is 5.40. The molecule has 0 atom stereocenters. The Morgan fingerprint density at radius 2 is 2.20 bits per heavy atom. The van der Waals surface area contributed by atoms with Crippen molar-refractivity contribution < 1.29 is 4.74 Å². The number of benzene rings is 1. The first-order valence-electron chi connectivity index (χ1n) is 4.99. The number of rotatable bonds is 4. The van der Waals surface area contributed by atoms with Crippen LogP contribution in [0.5, 0.6) is 0 Å². The first-order chi connectivity index (χ1) is 7.33. The summed E-state index contributed by atoms with van der Waals surface area (Å²) in [5, 5.41) is 0. The summed E-state index contributed by atoms with van der Waals surface area (Å²) in [6.45, 7) is 1.66. The Hall–Kier alpha value is -1.13. The van der Waals surface area contributed by atoms with Crippen LogP contribution < -0.4 is 0 Å². The van der Waals surface area contributed by atoms with Gasteiger partial charge in [0.1, 0.15) is 0 Å². The fourth-order valence-electron chi connectivity index (χ4n) is 1.70. The number of aromatic amines is 1. The zero-order chi connectivity index (χ0) is 10.7. The minimum absolute atomic E-state index is 0.765. The van der Waals surface area contributed by atoms with Crippen molar-refractivity contribution in [3.63, 3.8) is 0 Å². The Kier molecular flexibility index (Phi) is 3.18. The number of nitrogens with one attached hydrogen (secondary N) is 1. The van der Waals surface area contributed by atoms with E-state index in [9.17, 15) is 0 Å². The number of aryl methyl sites for hydroxylation is 1. The Balaban J connectivity index is 2.33. The van der Waals surface area contributed by atoms with Crippen LogP contribution in [0.1, 0.15) is 6.42 Å². The van der Waals surface area contributed by atoms with E-state index in [4.69, 9.17) is 17.0 Å². The van der Waals surface area contributed by atoms with Crippen molar-refractivity contribution >= 4 is 23.3 Å². The molecule has 3 nitrogen and oxygen atoms in total. The zero-order valence-corrected chi connectivity index (χ0v) is 9.51. The highest BCUT2D eigenvalue weighted by atomic mass is 32.1. The van der Waals surface area contributed by atoms with Crippen LogP contribution in [-0.4, -0.2) is 23.3 Å². The molecule has 0 saturated carbocycles. The van der Waals surface area contributed by atoms with E-state index in [1.807, 2.05) is 18.2 Å². The number of fused-ring (bicyclic) bond motifs is 1. The predicted octanol–water partition coefficient (Wildman–Crippen LogP) is 2.74. The molecule has 0 aliphatic rings. The fraction of sp³-hybridized carbons (Fsp3) is 0.364. The van der Waals surface area contributed by atoms with Crippen molar-refractivity contribution in [3.05, 3.63) is 29.0 Å². The largest absolute Gasteiger partial charge is 0.385 e. The van der Waals surface area contributed by atoms with Gasteiger partial charge in [-0.15, -0.1) is 0 Å². The van der Waals surface area contributed by atoms with E-state index in [0.717, 1.165) is 29.9 Å². The number of aromatic nitrogens is 2. The molecular formula is C11H14N2OS. The number of para-hydroxylation sites is 2. The second kappa shape index (κ2) is 4.59. The number of hydrogen-bond donors (Lipinski definition) is 1. The number of nitrogens with zero attached hydrogens (tertiary/aromatic N) is 1. The number of ether oxygens (including phenoxy) is 1. The van der Waals surface area contributed by atoms with Crippen molar-refractivity contribution in [2.75, 3.05) is 13.7 Å². The van der Waals surface area contributed by atoms with Gasteiger partial charge in [0.2, 0.25) is 0 Å². The average molecular weight is 222 g/mol. The topological polar surface area (TPSA) is 29.9 Å². The number of H-pyrrole nitrogens is 1. The SMILES string of the molecule is COCCCn1c(=S)[nH]c2ccccc21. The third-order valence-corrected chi connectivity index (χ3v) is 2.73. The van der Waals surface area contributed by atoms with Crippen LogP contribution in [0.4, 0.5) is 0 Å². The Labute approximate surface area is 93.7 Å². The van der Waals surface area contributed by atoms with Gasteiger partial charge in [0, 0.05) is 20.3 Å². The van der Waals surface area contributed by atoms with Gasteiger partial charge in [-0.2, -0.15) is 0 Å². The molecule has 0 aliphatic carbocycles. The molecule has 1 N–H and O–H groups in total. The van der Waals surface area contributed by atoms with E-state index < -0.39 is 0 Å². The zero-order valence-electron chi connectivity index (χ0n) is 8.69. The minimum Gasteiger partial charge on any atom is -0.385 e. The van der Waals surface area contributed by atoms with Gasteiger partial charge in [-0.25, -0.2) is 0 Å².